The van der Waals surface area contributed by atoms with Gasteiger partial charge in [-0.05, 0) is 19.4 Å². The number of unbranched alkanes of at least 4 members (excludes halogenated alkanes) is 4. The van der Waals surface area contributed by atoms with Gasteiger partial charge >= 0.3 is 0 Å². The van der Waals surface area contributed by atoms with Gasteiger partial charge in [-0.3, -0.25) is 0 Å². The maximum Gasteiger partial charge on any atom is 0.174 e. The van der Waals surface area contributed by atoms with Gasteiger partial charge in [0.1, 0.15) is 0 Å². The Hall–Kier alpha value is -0.970. The van der Waals surface area contributed by atoms with Crippen LogP contribution in [-0.2, 0) is 6.42 Å². The van der Waals surface area contributed by atoms with E-state index in [9.17, 15) is 0 Å². The van der Waals surface area contributed by atoms with Crippen molar-refractivity contribution in [3.05, 3.63) is 5.82 Å². The number of nitrogens with zero attached hydrogens (tertiary/aromatic N) is 3. The summed E-state index contributed by atoms with van der Waals surface area (Å²) in [6.07, 6.45) is 6.94. The van der Waals surface area contributed by atoms with Crippen molar-refractivity contribution in [2.24, 2.45) is 5.73 Å². The summed E-state index contributed by atoms with van der Waals surface area (Å²) in [4.78, 5) is 0. The van der Waals surface area contributed by atoms with E-state index in [1.165, 1.54) is 19.3 Å². The van der Waals surface area contributed by atoms with Crippen LogP contribution in [0, 0.1) is 0 Å². The maximum absolute atomic E-state index is 5.39. The smallest absolute Gasteiger partial charge is 0.174 e. The number of tetrazole rings is 1. The first kappa shape index (κ1) is 10.1. The average molecular weight is 183 g/mol. The van der Waals surface area contributed by atoms with Crippen LogP contribution in [0.25, 0.3) is 0 Å². The summed E-state index contributed by atoms with van der Waals surface area (Å²) in [5.74, 6) is 0.818. The molecule has 0 aliphatic rings. The summed E-state index contributed by atoms with van der Waals surface area (Å²) in [6.45, 7) is 0.810. The molecule has 1 rings (SSSR count). The van der Waals surface area contributed by atoms with Gasteiger partial charge in [0.05, 0.1) is 0 Å². The minimum atomic E-state index is 0.810. The van der Waals surface area contributed by atoms with Gasteiger partial charge in [0, 0.05) is 6.42 Å². The fraction of sp³-hybridized carbons (Fsp3) is 0.875. The Morgan fingerprint density at radius 3 is 2.54 bits per heavy atom. The fourth-order valence-corrected chi connectivity index (χ4v) is 1.25. The van der Waals surface area contributed by atoms with Crippen molar-refractivity contribution in [3.63, 3.8) is 0 Å². The molecular weight excluding hydrogens is 166 g/mol. The van der Waals surface area contributed by atoms with Gasteiger partial charge in [0.2, 0.25) is 0 Å². The Labute approximate surface area is 78.1 Å². The Morgan fingerprint density at radius 1 is 1.08 bits per heavy atom. The van der Waals surface area contributed by atoms with Crippen molar-refractivity contribution in [2.45, 2.75) is 38.5 Å². The molecule has 0 aliphatic carbocycles. The zero-order valence-electron chi connectivity index (χ0n) is 7.87. The van der Waals surface area contributed by atoms with E-state index in [-0.39, 0.29) is 0 Å². The molecule has 0 bridgehead atoms. The molecule has 0 spiro atoms. The second-order valence-electron chi connectivity index (χ2n) is 3.13. The third-order valence-corrected chi connectivity index (χ3v) is 1.99. The number of nitrogens with two attached hydrogens (primary N) is 1. The Balaban J connectivity index is 1.90. The number of aryl methyl sites for hydroxylation is 1. The van der Waals surface area contributed by atoms with E-state index in [2.05, 4.69) is 20.6 Å². The highest BCUT2D eigenvalue weighted by molar-refractivity contribution is 4.74. The lowest BCUT2D eigenvalue weighted by atomic mass is 10.1. The summed E-state index contributed by atoms with van der Waals surface area (Å²) in [5, 5.41) is 13.7. The lowest BCUT2D eigenvalue weighted by Gasteiger charge is -1.97. The van der Waals surface area contributed by atoms with E-state index in [1.54, 1.807) is 0 Å². The molecule has 0 saturated carbocycles. The van der Waals surface area contributed by atoms with E-state index >= 15 is 0 Å². The number of nitrogens with one attached hydrogen (secondary N) is 1. The molecule has 1 aromatic heterocycles. The topological polar surface area (TPSA) is 80.5 Å². The Bertz CT molecular complexity index is 196. The number of hydrogen-bond acceptors (Lipinski definition) is 4. The van der Waals surface area contributed by atoms with Crippen molar-refractivity contribution in [1.29, 1.82) is 0 Å². The van der Waals surface area contributed by atoms with Gasteiger partial charge in [0.15, 0.2) is 5.82 Å². The lowest BCUT2D eigenvalue weighted by molar-refractivity contribution is 0.610. The van der Waals surface area contributed by atoms with Gasteiger partial charge in [-0.15, -0.1) is 10.2 Å². The highest BCUT2D eigenvalue weighted by Crippen LogP contribution is 2.04. The number of H-pyrrole nitrogens is 1. The highest BCUT2D eigenvalue weighted by Gasteiger charge is 1.96. The van der Waals surface area contributed by atoms with E-state index in [4.69, 9.17) is 5.73 Å². The van der Waals surface area contributed by atoms with Crippen LogP contribution < -0.4 is 5.73 Å². The molecule has 13 heavy (non-hydrogen) atoms. The SMILES string of the molecule is NCCCCCCCc1nn[nH]n1. The molecule has 1 heterocycles. The molecule has 1 aromatic rings. The molecule has 0 saturated heterocycles. The van der Waals surface area contributed by atoms with Crippen molar-refractivity contribution >= 4 is 0 Å². The Morgan fingerprint density at radius 2 is 1.85 bits per heavy atom. The molecule has 0 atom stereocenters. The standard InChI is InChI=1S/C8H17N5/c9-7-5-3-1-2-4-6-8-10-12-13-11-8/h1-7,9H2,(H,10,11,12,13). The van der Waals surface area contributed by atoms with Crippen LogP contribution in [0.3, 0.4) is 0 Å². The second kappa shape index (κ2) is 6.54. The zero-order valence-corrected chi connectivity index (χ0v) is 7.87. The molecule has 0 aromatic carbocycles. The summed E-state index contributed by atoms with van der Waals surface area (Å²) < 4.78 is 0. The molecule has 5 heteroatoms. The highest BCUT2D eigenvalue weighted by atomic mass is 15.5. The fourth-order valence-electron chi connectivity index (χ4n) is 1.25. The van der Waals surface area contributed by atoms with Crippen molar-refractivity contribution < 1.29 is 0 Å². The minimum Gasteiger partial charge on any atom is -0.330 e. The van der Waals surface area contributed by atoms with Crippen LogP contribution in [-0.4, -0.2) is 27.2 Å². The molecule has 0 radical (unpaired) electrons. The number of rotatable bonds is 7. The van der Waals surface area contributed by atoms with Crippen molar-refractivity contribution in [1.82, 2.24) is 20.6 Å². The van der Waals surface area contributed by atoms with Gasteiger partial charge in [-0.2, -0.15) is 5.21 Å². The molecule has 3 N–H and O–H groups in total. The van der Waals surface area contributed by atoms with E-state index in [1.807, 2.05) is 0 Å². The minimum absolute atomic E-state index is 0.810. The van der Waals surface area contributed by atoms with Crippen LogP contribution in [0.5, 0.6) is 0 Å². The van der Waals surface area contributed by atoms with Gasteiger partial charge in [-0.1, -0.05) is 24.5 Å². The number of aromatic nitrogens is 4. The zero-order chi connectivity index (χ0) is 9.36. The van der Waals surface area contributed by atoms with Crippen LogP contribution in [0.2, 0.25) is 0 Å². The molecule has 0 amide bonds. The molecule has 74 valence electrons. The van der Waals surface area contributed by atoms with Crippen LogP contribution in [0.15, 0.2) is 0 Å². The lowest BCUT2D eigenvalue weighted by Crippen LogP contribution is -1.97. The van der Waals surface area contributed by atoms with Crippen LogP contribution >= 0.6 is 0 Å². The third-order valence-electron chi connectivity index (χ3n) is 1.99. The molecule has 0 unspecified atom stereocenters. The average Bonchev–Trinajstić information content (AvgIpc) is 2.63. The predicted octanol–water partition coefficient (Wildman–Crippen LogP) is 0.651. The van der Waals surface area contributed by atoms with Gasteiger partial charge in [-0.25, -0.2) is 0 Å². The van der Waals surface area contributed by atoms with E-state index < -0.39 is 0 Å². The summed E-state index contributed by atoms with van der Waals surface area (Å²) in [5.41, 5.74) is 5.39. The first-order valence-corrected chi connectivity index (χ1v) is 4.86. The summed E-state index contributed by atoms with van der Waals surface area (Å²) >= 11 is 0. The second-order valence-corrected chi connectivity index (χ2v) is 3.13. The van der Waals surface area contributed by atoms with E-state index in [0.717, 1.165) is 31.6 Å². The Kier molecular flexibility index (Phi) is 5.08. The van der Waals surface area contributed by atoms with Gasteiger partial charge in [0.25, 0.3) is 0 Å². The van der Waals surface area contributed by atoms with Crippen LogP contribution in [0.1, 0.15) is 37.9 Å². The van der Waals surface area contributed by atoms with Crippen molar-refractivity contribution in [3.8, 4) is 0 Å². The number of hydrogen-bond donors (Lipinski definition) is 2. The number of aromatic amines is 1. The molecule has 0 fully saturated rings. The monoisotopic (exact) mass is 183 g/mol. The quantitative estimate of drug-likeness (QED) is 0.608. The van der Waals surface area contributed by atoms with Gasteiger partial charge < -0.3 is 5.73 Å². The molecule has 5 nitrogen and oxygen atoms in total. The predicted molar refractivity (Wildman–Crippen MR) is 50.0 cm³/mol. The summed E-state index contributed by atoms with van der Waals surface area (Å²) in [6, 6.07) is 0. The van der Waals surface area contributed by atoms with E-state index in [0.29, 0.717) is 0 Å². The largest absolute Gasteiger partial charge is 0.330 e. The van der Waals surface area contributed by atoms with Crippen LogP contribution in [0.4, 0.5) is 0 Å². The molecule has 0 aliphatic heterocycles. The first-order valence-electron chi connectivity index (χ1n) is 4.86. The molecular formula is C8H17N5. The third kappa shape index (κ3) is 4.57. The maximum atomic E-state index is 5.39. The van der Waals surface area contributed by atoms with Crippen molar-refractivity contribution in [2.75, 3.05) is 6.54 Å². The normalized spacial score (nSPS) is 10.5. The summed E-state index contributed by atoms with van der Waals surface area (Å²) in [7, 11) is 0. The first-order chi connectivity index (χ1) is 6.43.